The number of halogens is 1. The van der Waals surface area contributed by atoms with Gasteiger partial charge in [-0.05, 0) is 37.0 Å². The zero-order valence-corrected chi connectivity index (χ0v) is 16.3. The lowest BCUT2D eigenvalue weighted by molar-refractivity contribution is -0.121. The van der Waals surface area contributed by atoms with Crippen molar-refractivity contribution in [1.82, 2.24) is 5.32 Å². The monoisotopic (exact) mass is 385 g/mol. The number of amides is 1. The van der Waals surface area contributed by atoms with Crippen LogP contribution in [0.3, 0.4) is 0 Å². The van der Waals surface area contributed by atoms with Crippen molar-refractivity contribution >= 4 is 21.8 Å². The summed E-state index contributed by atoms with van der Waals surface area (Å²) in [6, 6.07) is 3.86. The van der Waals surface area contributed by atoms with Crippen LogP contribution in [0.25, 0.3) is 0 Å². The molecule has 1 aromatic rings. The molecule has 0 bridgehead atoms. The van der Waals surface area contributed by atoms with Gasteiger partial charge in [-0.3, -0.25) is 4.79 Å². The lowest BCUT2D eigenvalue weighted by atomic mass is 10.0. The van der Waals surface area contributed by atoms with E-state index in [1.165, 1.54) is 6.42 Å². The van der Waals surface area contributed by atoms with Crippen molar-refractivity contribution in [2.24, 2.45) is 5.92 Å². The zero-order valence-electron chi connectivity index (χ0n) is 14.7. The average Bonchev–Trinajstić information content (AvgIpc) is 2.48. The molecule has 1 rings (SSSR count). The minimum atomic E-state index is 0.0231. The van der Waals surface area contributed by atoms with Crippen molar-refractivity contribution in [2.45, 2.75) is 52.5 Å². The molecular formula is C18H28BrNO3. The molecule has 5 heteroatoms. The van der Waals surface area contributed by atoms with Crippen LogP contribution in [-0.2, 0) is 11.2 Å². The molecule has 0 aromatic heterocycles. The first-order valence-electron chi connectivity index (χ1n) is 8.07. The molecule has 1 atom stereocenters. The molecule has 23 heavy (non-hydrogen) atoms. The fourth-order valence-corrected chi connectivity index (χ4v) is 2.90. The van der Waals surface area contributed by atoms with Crippen molar-refractivity contribution < 1.29 is 14.3 Å². The highest BCUT2D eigenvalue weighted by molar-refractivity contribution is 9.10. The minimum absolute atomic E-state index is 0.0231. The number of hydrogen-bond donors (Lipinski definition) is 1. The first-order chi connectivity index (χ1) is 10.9. The topological polar surface area (TPSA) is 47.6 Å². The van der Waals surface area contributed by atoms with Crippen LogP contribution in [0.2, 0.25) is 0 Å². The number of ether oxygens (including phenoxy) is 2. The predicted molar refractivity (Wildman–Crippen MR) is 97.2 cm³/mol. The molecule has 130 valence electrons. The van der Waals surface area contributed by atoms with E-state index in [-0.39, 0.29) is 11.9 Å². The van der Waals surface area contributed by atoms with Crippen molar-refractivity contribution in [2.75, 3.05) is 14.2 Å². The maximum atomic E-state index is 12.2. The summed E-state index contributed by atoms with van der Waals surface area (Å²) < 4.78 is 11.4. The van der Waals surface area contributed by atoms with Gasteiger partial charge in [0.05, 0.1) is 20.6 Å². The molecule has 1 amide bonds. The Morgan fingerprint density at radius 2 is 1.74 bits per heavy atom. The van der Waals surface area contributed by atoms with Gasteiger partial charge in [-0.15, -0.1) is 0 Å². The predicted octanol–water partition coefficient (Wildman–Crippen LogP) is 4.34. The van der Waals surface area contributed by atoms with E-state index in [4.69, 9.17) is 9.47 Å². The van der Waals surface area contributed by atoms with Gasteiger partial charge < -0.3 is 14.8 Å². The molecule has 0 fully saturated rings. The van der Waals surface area contributed by atoms with E-state index in [9.17, 15) is 4.79 Å². The molecule has 1 aromatic carbocycles. The number of carbonyl (C=O) groups excluding carboxylic acids is 1. The van der Waals surface area contributed by atoms with Crippen LogP contribution in [0.1, 0.15) is 45.6 Å². The summed E-state index contributed by atoms with van der Waals surface area (Å²) in [7, 11) is 3.18. The van der Waals surface area contributed by atoms with Gasteiger partial charge >= 0.3 is 0 Å². The average molecular weight is 386 g/mol. The van der Waals surface area contributed by atoms with Crippen LogP contribution in [0.4, 0.5) is 0 Å². The highest BCUT2D eigenvalue weighted by Gasteiger charge is 2.14. The number of hydrogen-bond acceptors (Lipinski definition) is 3. The maximum absolute atomic E-state index is 12.2. The molecular weight excluding hydrogens is 358 g/mol. The van der Waals surface area contributed by atoms with E-state index in [2.05, 4.69) is 42.0 Å². The Morgan fingerprint density at radius 3 is 2.30 bits per heavy atom. The number of methoxy groups -OCH3 is 2. The van der Waals surface area contributed by atoms with Gasteiger partial charge in [0, 0.05) is 10.5 Å². The van der Waals surface area contributed by atoms with E-state index < -0.39 is 0 Å². The molecule has 0 aliphatic rings. The van der Waals surface area contributed by atoms with Gasteiger partial charge in [0.1, 0.15) is 0 Å². The quantitative estimate of drug-likeness (QED) is 0.687. The molecule has 0 aliphatic carbocycles. The zero-order chi connectivity index (χ0) is 17.4. The summed E-state index contributed by atoms with van der Waals surface area (Å²) in [5.74, 6) is 2.00. The van der Waals surface area contributed by atoms with Crippen LogP contribution in [0.15, 0.2) is 16.6 Å². The highest BCUT2D eigenvalue weighted by Crippen LogP contribution is 2.33. The van der Waals surface area contributed by atoms with Gasteiger partial charge in [0.15, 0.2) is 11.5 Å². The smallest absolute Gasteiger partial charge is 0.224 e. The lowest BCUT2D eigenvalue weighted by Gasteiger charge is -2.16. The van der Waals surface area contributed by atoms with E-state index in [1.54, 1.807) is 14.2 Å². The van der Waals surface area contributed by atoms with Gasteiger partial charge in [0.25, 0.3) is 0 Å². The Bertz CT molecular complexity index is 517. The van der Waals surface area contributed by atoms with Crippen molar-refractivity contribution in [3.05, 3.63) is 22.2 Å². The Morgan fingerprint density at radius 1 is 1.13 bits per heavy atom. The van der Waals surface area contributed by atoms with E-state index in [0.717, 1.165) is 22.9 Å². The van der Waals surface area contributed by atoms with Gasteiger partial charge in [-0.25, -0.2) is 0 Å². The summed E-state index contributed by atoms with van der Waals surface area (Å²) in [5, 5.41) is 3.06. The summed E-state index contributed by atoms with van der Waals surface area (Å²) >= 11 is 3.49. The van der Waals surface area contributed by atoms with Crippen LogP contribution in [-0.4, -0.2) is 26.2 Å². The minimum Gasteiger partial charge on any atom is -0.493 e. The SMILES string of the molecule is COc1cc(Br)c(CC(=O)N[C@@H](C)CCCC(C)C)cc1OC. The van der Waals surface area contributed by atoms with E-state index >= 15 is 0 Å². The Balaban J connectivity index is 2.60. The molecule has 0 aliphatic heterocycles. The molecule has 0 radical (unpaired) electrons. The molecule has 0 saturated carbocycles. The Kier molecular flexibility index (Phi) is 8.45. The second-order valence-electron chi connectivity index (χ2n) is 6.27. The second kappa shape index (κ2) is 9.81. The summed E-state index contributed by atoms with van der Waals surface area (Å²) in [5.41, 5.74) is 0.884. The lowest BCUT2D eigenvalue weighted by Crippen LogP contribution is -2.33. The van der Waals surface area contributed by atoms with E-state index in [1.807, 2.05) is 12.1 Å². The van der Waals surface area contributed by atoms with Crippen molar-refractivity contribution in [3.63, 3.8) is 0 Å². The fraction of sp³-hybridized carbons (Fsp3) is 0.611. The molecule has 0 unspecified atom stereocenters. The van der Waals surface area contributed by atoms with Crippen LogP contribution in [0.5, 0.6) is 11.5 Å². The summed E-state index contributed by atoms with van der Waals surface area (Å²) in [6.45, 7) is 6.50. The van der Waals surface area contributed by atoms with Crippen LogP contribution >= 0.6 is 15.9 Å². The third-order valence-electron chi connectivity index (χ3n) is 3.73. The third kappa shape index (κ3) is 6.81. The molecule has 1 N–H and O–H groups in total. The fourth-order valence-electron chi connectivity index (χ4n) is 2.44. The van der Waals surface area contributed by atoms with Crippen LogP contribution < -0.4 is 14.8 Å². The van der Waals surface area contributed by atoms with Gasteiger partial charge in [-0.2, -0.15) is 0 Å². The highest BCUT2D eigenvalue weighted by atomic mass is 79.9. The third-order valence-corrected chi connectivity index (χ3v) is 4.47. The molecule has 0 spiro atoms. The number of rotatable bonds is 9. The van der Waals surface area contributed by atoms with Crippen molar-refractivity contribution in [1.29, 1.82) is 0 Å². The van der Waals surface area contributed by atoms with Crippen molar-refractivity contribution in [3.8, 4) is 11.5 Å². The van der Waals surface area contributed by atoms with E-state index in [0.29, 0.717) is 23.8 Å². The normalized spacial score (nSPS) is 12.1. The summed E-state index contributed by atoms with van der Waals surface area (Å²) in [6.07, 6.45) is 3.66. The first-order valence-corrected chi connectivity index (χ1v) is 8.86. The molecule has 0 saturated heterocycles. The maximum Gasteiger partial charge on any atom is 0.224 e. The van der Waals surface area contributed by atoms with Gasteiger partial charge in [-0.1, -0.05) is 42.6 Å². The molecule has 0 heterocycles. The first kappa shape index (κ1) is 19.8. The Hall–Kier alpha value is -1.23. The number of benzene rings is 1. The number of nitrogens with one attached hydrogen (secondary N) is 1. The summed E-state index contributed by atoms with van der Waals surface area (Å²) in [4.78, 5) is 12.2. The Labute approximate surface area is 148 Å². The second-order valence-corrected chi connectivity index (χ2v) is 7.12. The molecule has 4 nitrogen and oxygen atoms in total. The van der Waals surface area contributed by atoms with Gasteiger partial charge in [0.2, 0.25) is 5.91 Å². The standard InChI is InChI=1S/C18H28BrNO3/c1-12(2)7-6-8-13(3)20-18(21)10-14-9-16(22-4)17(23-5)11-15(14)19/h9,11-13H,6-8,10H2,1-5H3,(H,20,21)/t13-/m0/s1. The largest absolute Gasteiger partial charge is 0.493 e. The van der Waals surface area contributed by atoms with Crippen LogP contribution in [0, 0.1) is 5.92 Å². The number of carbonyl (C=O) groups is 1.